The quantitative estimate of drug-likeness (QED) is 0.738. The SMILES string of the molecule is CCN(CC)CCOc1cc(OC)ccc1N. The lowest BCUT2D eigenvalue weighted by Gasteiger charge is -2.18. The molecule has 0 atom stereocenters. The Morgan fingerprint density at radius 1 is 1.24 bits per heavy atom. The molecule has 0 aliphatic carbocycles. The number of rotatable bonds is 7. The smallest absolute Gasteiger partial charge is 0.145 e. The maximum Gasteiger partial charge on any atom is 0.145 e. The minimum Gasteiger partial charge on any atom is -0.497 e. The number of nitrogens with two attached hydrogens (primary N) is 1. The van der Waals surface area contributed by atoms with Gasteiger partial charge in [0.2, 0.25) is 0 Å². The van der Waals surface area contributed by atoms with Crippen LogP contribution in [0.3, 0.4) is 0 Å². The summed E-state index contributed by atoms with van der Waals surface area (Å²) in [5, 5.41) is 0. The highest BCUT2D eigenvalue weighted by Crippen LogP contribution is 2.26. The van der Waals surface area contributed by atoms with Gasteiger partial charge in [0.1, 0.15) is 18.1 Å². The van der Waals surface area contributed by atoms with Crippen molar-refractivity contribution in [1.29, 1.82) is 0 Å². The molecule has 0 aliphatic heterocycles. The van der Waals surface area contributed by atoms with Crippen LogP contribution in [-0.4, -0.2) is 38.3 Å². The third-order valence-corrected chi connectivity index (χ3v) is 2.78. The van der Waals surface area contributed by atoms with Crippen molar-refractivity contribution in [1.82, 2.24) is 4.90 Å². The van der Waals surface area contributed by atoms with Crippen LogP contribution in [0, 0.1) is 0 Å². The zero-order valence-corrected chi connectivity index (χ0v) is 10.9. The molecule has 0 saturated carbocycles. The fourth-order valence-corrected chi connectivity index (χ4v) is 1.59. The molecule has 2 N–H and O–H groups in total. The Morgan fingerprint density at radius 2 is 1.94 bits per heavy atom. The molecular formula is C13H22N2O2. The van der Waals surface area contributed by atoms with Crippen molar-refractivity contribution < 1.29 is 9.47 Å². The first-order valence-electron chi connectivity index (χ1n) is 5.99. The molecule has 1 rings (SSSR count). The number of hydrogen-bond acceptors (Lipinski definition) is 4. The molecule has 0 fully saturated rings. The zero-order chi connectivity index (χ0) is 12.7. The second-order valence-corrected chi connectivity index (χ2v) is 3.78. The van der Waals surface area contributed by atoms with Gasteiger partial charge in [0.05, 0.1) is 12.8 Å². The Kier molecular flexibility index (Phi) is 5.63. The van der Waals surface area contributed by atoms with E-state index in [0.29, 0.717) is 18.0 Å². The van der Waals surface area contributed by atoms with Crippen LogP contribution in [0.15, 0.2) is 18.2 Å². The van der Waals surface area contributed by atoms with Crippen molar-refractivity contribution in [2.75, 3.05) is 39.1 Å². The third kappa shape index (κ3) is 4.15. The van der Waals surface area contributed by atoms with Crippen molar-refractivity contribution in [3.8, 4) is 11.5 Å². The van der Waals surface area contributed by atoms with E-state index in [4.69, 9.17) is 15.2 Å². The Hall–Kier alpha value is -1.42. The van der Waals surface area contributed by atoms with Gasteiger partial charge in [0, 0.05) is 12.6 Å². The summed E-state index contributed by atoms with van der Waals surface area (Å²) in [6, 6.07) is 5.44. The molecule has 96 valence electrons. The summed E-state index contributed by atoms with van der Waals surface area (Å²) in [6.45, 7) is 7.90. The first kappa shape index (κ1) is 13.6. The normalized spacial score (nSPS) is 10.6. The second-order valence-electron chi connectivity index (χ2n) is 3.78. The summed E-state index contributed by atoms with van der Waals surface area (Å²) in [7, 11) is 1.63. The van der Waals surface area contributed by atoms with Crippen molar-refractivity contribution in [3.05, 3.63) is 18.2 Å². The van der Waals surface area contributed by atoms with Gasteiger partial charge >= 0.3 is 0 Å². The molecule has 4 nitrogen and oxygen atoms in total. The number of nitrogen functional groups attached to an aromatic ring is 1. The largest absolute Gasteiger partial charge is 0.497 e. The van der Waals surface area contributed by atoms with Gasteiger partial charge in [-0.15, -0.1) is 0 Å². The van der Waals surface area contributed by atoms with Gasteiger partial charge in [-0.1, -0.05) is 13.8 Å². The van der Waals surface area contributed by atoms with E-state index in [-0.39, 0.29) is 0 Å². The van der Waals surface area contributed by atoms with Gasteiger partial charge in [0.25, 0.3) is 0 Å². The van der Waals surface area contributed by atoms with E-state index < -0.39 is 0 Å². The topological polar surface area (TPSA) is 47.7 Å². The van der Waals surface area contributed by atoms with Crippen LogP contribution in [0.1, 0.15) is 13.8 Å². The van der Waals surface area contributed by atoms with Crippen LogP contribution < -0.4 is 15.2 Å². The van der Waals surface area contributed by atoms with E-state index in [1.165, 1.54) is 0 Å². The van der Waals surface area contributed by atoms with Crippen molar-refractivity contribution in [2.24, 2.45) is 0 Å². The summed E-state index contributed by atoms with van der Waals surface area (Å²) in [5.74, 6) is 1.45. The van der Waals surface area contributed by atoms with E-state index in [2.05, 4.69) is 18.7 Å². The van der Waals surface area contributed by atoms with E-state index in [9.17, 15) is 0 Å². The van der Waals surface area contributed by atoms with Gasteiger partial charge in [-0.3, -0.25) is 0 Å². The summed E-state index contributed by atoms with van der Waals surface area (Å²) >= 11 is 0. The van der Waals surface area contributed by atoms with E-state index >= 15 is 0 Å². The van der Waals surface area contributed by atoms with Crippen LogP contribution >= 0.6 is 0 Å². The van der Waals surface area contributed by atoms with Crippen LogP contribution in [0.4, 0.5) is 5.69 Å². The Labute approximate surface area is 103 Å². The summed E-state index contributed by atoms with van der Waals surface area (Å²) in [5.41, 5.74) is 6.48. The fourth-order valence-electron chi connectivity index (χ4n) is 1.59. The molecule has 0 bridgehead atoms. The van der Waals surface area contributed by atoms with Gasteiger partial charge in [0.15, 0.2) is 0 Å². The summed E-state index contributed by atoms with van der Waals surface area (Å²) in [6.07, 6.45) is 0. The molecule has 0 unspecified atom stereocenters. The van der Waals surface area contributed by atoms with Crippen LogP contribution in [0.25, 0.3) is 0 Å². The Morgan fingerprint density at radius 3 is 2.53 bits per heavy atom. The number of likely N-dealkylation sites (N-methyl/N-ethyl adjacent to an activating group) is 1. The average molecular weight is 238 g/mol. The first-order valence-corrected chi connectivity index (χ1v) is 5.99. The lowest BCUT2D eigenvalue weighted by Crippen LogP contribution is -2.28. The van der Waals surface area contributed by atoms with E-state index in [1.807, 2.05) is 12.1 Å². The lowest BCUT2D eigenvalue weighted by molar-refractivity contribution is 0.223. The van der Waals surface area contributed by atoms with Crippen molar-refractivity contribution in [3.63, 3.8) is 0 Å². The monoisotopic (exact) mass is 238 g/mol. The van der Waals surface area contributed by atoms with Gasteiger partial charge in [-0.25, -0.2) is 0 Å². The summed E-state index contributed by atoms with van der Waals surface area (Å²) in [4.78, 5) is 2.30. The van der Waals surface area contributed by atoms with Crippen LogP contribution in [-0.2, 0) is 0 Å². The molecule has 0 spiro atoms. The fraction of sp³-hybridized carbons (Fsp3) is 0.538. The highest BCUT2D eigenvalue weighted by molar-refractivity contribution is 5.55. The summed E-state index contributed by atoms with van der Waals surface area (Å²) < 4.78 is 10.8. The molecule has 0 saturated heterocycles. The molecule has 1 aromatic carbocycles. The van der Waals surface area contributed by atoms with E-state index in [1.54, 1.807) is 13.2 Å². The molecular weight excluding hydrogens is 216 g/mol. The predicted octanol–water partition coefficient (Wildman–Crippen LogP) is 2.00. The van der Waals surface area contributed by atoms with Crippen molar-refractivity contribution >= 4 is 5.69 Å². The standard InChI is InChI=1S/C13H22N2O2/c1-4-15(5-2)8-9-17-13-10-11(16-3)6-7-12(13)14/h6-7,10H,4-5,8-9,14H2,1-3H3. The highest BCUT2D eigenvalue weighted by Gasteiger charge is 2.04. The molecule has 0 aliphatic rings. The van der Waals surface area contributed by atoms with Crippen LogP contribution in [0.2, 0.25) is 0 Å². The minimum absolute atomic E-state index is 0.638. The first-order chi connectivity index (χ1) is 8.21. The Bertz CT molecular complexity index is 338. The minimum atomic E-state index is 0.638. The number of ether oxygens (including phenoxy) is 2. The van der Waals surface area contributed by atoms with Gasteiger partial charge in [-0.2, -0.15) is 0 Å². The molecule has 0 aromatic heterocycles. The maximum atomic E-state index is 5.83. The number of nitrogens with zero attached hydrogens (tertiary/aromatic N) is 1. The molecule has 17 heavy (non-hydrogen) atoms. The maximum absolute atomic E-state index is 5.83. The highest BCUT2D eigenvalue weighted by atomic mass is 16.5. The number of benzene rings is 1. The molecule has 0 heterocycles. The number of anilines is 1. The second kappa shape index (κ2) is 7.01. The average Bonchev–Trinajstić information content (AvgIpc) is 2.36. The van der Waals surface area contributed by atoms with Gasteiger partial charge < -0.3 is 20.1 Å². The van der Waals surface area contributed by atoms with Gasteiger partial charge in [-0.05, 0) is 25.2 Å². The molecule has 1 aromatic rings. The molecule has 0 radical (unpaired) electrons. The lowest BCUT2D eigenvalue weighted by atomic mass is 10.3. The predicted molar refractivity (Wildman–Crippen MR) is 70.7 cm³/mol. The molecule has 4 heteroatoms. The third-order valence-electron chi connectivity index (χ3n) is 2.78. The number of hydrogen-bond donors (Lipinski definition) is 1. The molecule has 0 amide bonds. The Balaban J connectivity index is 2.50. The van der Waals surface area contributed by atoms with Crippen LogP contribution in [0.5, 0.6) is 11.5 Å². The van der Waals surface area contributed by atoms with Crippen molar-refractivity contribution in [2.45, 2.75) is 13.8 Å². The number of methoxy groups -OCH3 is 1. The zero-order valence-electron chi connectivity index (χ0n) is 10.9. The van der Waals surface area contributed by atoms with E-state index in [0.717, 1.165) is 25.4 Å².